The summed E-state index contributed by atoms with van der Waals surface area (Å²) >= 11 is 0. The molecule has 3 aromatic rings. The molecule has 0 spiro atoms. The van der Waals surface area contributed by atoms with Gasteiger partial charge in [-0.1, -0.05) is 38.1 Å². The molecule has 1 unspecified atom stereocenters. The number of methoxy groups -OCH3 is 1. The van der Waals surface area contributed by atoms with E-state index in [9.17, 15) is 27.9 Å². The molecule has 0 radical (unpaired) electrons. The lowest BCUT2D eigenvalue weighted by molar-refractivity contribution is -0.140. The first-order valence-electron chi connectivity index (χ1n) is 12.3. The normalized spacial score (nSPS) is 17.1. The molecule has 9 heteroatoms. The summed E-state index contributed by atoms with van der Waals surface area (Å²) < 4.78 is 50.9. The lowest BCUT2D eigenvalue weighted by Crippen LogP contribution is -2.29. The number of rotatable bonds is 8. The molecule has 1 saturated heterocycles. The molecule has 1 fully saturated rings. The van der Waals surface area contributed by atoms with Crippen LogP contribution in [0.15, 0.2) is 78.4 Å². The molecule has 1 aliphatic rings. The van der Waals surface area contributed by atoms with Gasteiger partial charge < -0.3 is 19.5 Å². The number of halogens is 3. The van der Waals surface area contributed by atoms with Crippen molar-refractivity contribution in [2.75, 3.05) is 13.7 Å². The lowest BCUT2D eigenvalue weighted by atomic mass is 9.95. The maximum absolute atomic E-state index is 13.3. The number of hydrogen-bond acceptors (Lipinski definition) is 5. The quantitative estimate of drug-likeness (QED) is 0.205. The molecule has 0 aromatic heterocycles. The van der Waals surface area contributed by atoms with E-state index in [0.717, 1.165) is 17.0 Å². The molecule has 1 amide bonds. The van der Waals surface area contributed by atoms with E-state index in [2.05, 4.69) is 0 Å². The van der Waals surface area contributed by atoms with Gasteiger partial charge in [-0.3, -0.25) is 9.59 Å². The second kappa shape index (κ2) is 11.2. The monoisotopic (exact) mass is 539 g/mol. The molecule has 0 aliphatic carbocycles. The average Bonchev–Trinajstić information content (AvgIpc) is 3.16. The van der Waals surface area contributed by atoms with E-state index in [1.807, 2.05) is 13.8 Å². The number of amides is 1. The van der Waals surface area contributed by atoms with Gasteiger partial charge in [-0.2, -0.15) is 13.2 Å². The highest BCUT2D eigenvalue weighted by atomic mass is 19.4. The molecule has 4 rings (SSSR count). The summed E-state index contributed by atoms with van der Waals surface area (Å²) in [5.74, 6) is -0.929. The maximum atomic E-state index is 13.3. The summed E-state index contributed by atoms with van der Waals surface area (Å²) in [6.07, 6.45) is -4.57. The Morgan fingerprint density at radius 3 is 2.31 bits per heavy atom. The number of alkyl halides is 3. The third-order valence-electron chi connectivity index (χ3n) is 6.27. The highest BCUT2D eigenvalue weighted by molar-refractivity contribution is 6.46. The largest absolute Gasteiger partial charge is 0.507 e. The fourth-order valence-electron chi connectivity index (χ4n) is 4.37. The second-order valence-electron chi connectivity index (χ2n) is 9.63. The molecule has 204 valence electrons. The highest BCUT2D eigenvalue weighted by Gasteiger charge is 2.46. The molecule has 0 bridgehead atoms. The number of aliphatic hydroxyl groups is 1. The van der Waals surface area contributed by atoms with Crippen LogP contribution in [-0.2, 0) is 22.3 Å². The Bertz CT molecular complexity index is 1400. The Kier molecular flexibility index (Phi) is 7.99. The minimum atomic E-state index is -4.57. The number of likely N-dealkylation sites (tertiary alicyclic amines) is 1. The molecule has 1 atom stereocenters. The van der Waals surface area contributed by atoms with Gasteiger partial charge in [0.2, 0.25) is 0 Å². The van der Waals surface area contributed by atoms with Gasteiger partial charge in [-0.15, -0.1) is 0 Å². The van der Waals surface area contributed by atoms with Gasteiger partial charge in [0.15, 0.2) is 0 Å². The maximum Gasteiger partial charge on any atom is 0.416 e. The number of hydrogen-bond donors (Lipinski definition) is 1. The van der Waals surface area contributed by atoms with Crippen molar-refractivity contribution in [3.63, 3.8) is 0 Å². The fourth-order valence-corrected chi connectivity index (χ4v) is 4.37. The van der Waals surface area contributed by atoms with Crippen LogP contribution in [0.3, 0.4) is 0 Å². The third-order valence-corrected chi connectivity index (χ3v) is 6.27. The van der Waals surface area contributed by atoms with Crippen LogP contribution in [0.25, 0.3) is 5.76 Å². The molecule has 1 heterocycles. The van der Waals surface area contributed by atoms with E-state index in [-0.39, 0.29) is 23.2 Å². The van der Waals surface area contributed by atoms with Crippen LogP contribution in [0.2, 0.25) is 0 Å². The van der Waals surface area contributed by atoms with E-state index in [1.165, 1.54) is 19.2 Å². The number of ketones is 1. The minimum absolute atomic E-state index is 0.170. The molecule has 1 N–H and O–H groups in total. The van der Waals surface area contributed by atoms with E-state index in [4.69, 9.17) is 9.47 Å². The van der Waals surface area contributed by atoms with Crippen LogP contribution in [-0.4, -0.2) is 35.4 Å². The fraction of sp³-hybridized carbons (Fsp3) is 0.267. The van der Waals surface area contributed by atoms with Gasteiger partial charge >= 0.3 is 6.18 Å². The summed E-state index contributed by atoms with van der Waals surface area (Å²) in [5.41, 5.74) is -0.104. The zero-order valence-electron chi connectivity index (χ0n) is 21.7. The summed E-state index contributed by atoms with van der Waals surface area (Å²) in [6, 6.07) is 16.6. The van der Waals surface area contributed by atoms with Crippen LogP contribution in [0.4, 0.5) is 13.2 Å². The summed E-state index contributed by atoms with van der Waals surface area (Å²) in [4.78, 5) is 27.7. The number of benzene rings is 3. The topological polar surface area (TPSA) is 76.1 Å². The van der Waals surface area contributed by atoms with Gasteiger partial charge in [0.05, 0.1) is 30.9 Å². The number of carbonyl (C=O) groups excluding carboxylic acids is 2. The summed E-state index contributed by atoms with van der Waals surface area (Å²) in [6.45, 7) is 4.24. The van der Waals surface area contributed by atoms with Crippen molar-refractivity contribution < 1.29 is 37.3 Å². The van der Waals surface area contributed by atoms with Gasteiger partial charge in [-0.25, -0.2) is 0 Å². The first-order valence-corrected chi connectivity index (χ1v) is 12.3. The first-order chi connectivity index (χ1) is 18.5. The molecule has 1 aliphatic heterocycles. The Hall–Kier alpha value is -4.27. The minimum Gasteiger partial charge on any atom is -0.507 e. The van der Waals surface area contributed by atoms with Crippen LogP contribution in [0.5, 0.6) is 11.5 Å². The number of carbonyl (C=O) groups is 2. The van der Waals surface area contributed by atoms with Crippen LogP contribution in [0.1, 0.15) is 42.1 Å². The van der Waals surface area contributed by atoms with Crippen LogP contribution in [0, 0.1) is 5.92 Å². The Morgan fingerprint density at radius 2 is 1.67 bits per heavy atom. The Balaban J connectivity index is 1.78. The molecular weight excluding hydrogens is 511 g/mol. The number of aliphatic hydroxyl groups excluding tert-OH is 1. The molecular formula is C30H28F3NO5. The number of Topliss-reactive ketones (excluding diaryl/α,β-unsaturated/α-hetero) is 1. The molecule has 3 aromatic carbocycles. The van der Waals surface area contributed by atoms with Gasteiger partial charge in [-0.05, 0) is 65.6 Å². The van der Waals surface area contributed by atoms with Crippen LogP contribution >= 0.6 is 0 Å². The van der Waals surface area contributed by atoms with E-state index in [0.29, 0.717) is 29.6 Å². The first kappa shape index (κ1) is 27.8. The Morgan fingerprint density at radius 1 is 0.974 bits per heavy atom. The zero-order chi connectivity index (χ0) is 28.3. The van der Waals surface area contributed by atoms with Crippen molar-refractivity contribution in [2.45, 2.75) is 32.6 Å². The van der Waals surface area contributed by atoms with E-state index >= 15 is 0 Å². The summed E-state index contributed by atoms with van der Waals surface area (Å²) in [5, 5.41) is 11.3. The van der Waals surface area contributed by atoms with Crippen molar-refractivity contribution in [3.8, 4) is 11.5 Å². The molecule has 6 nitrogen and oxygen atoms in total. The highest BCUT2D eigenvalue weighted by Crippen LogP contribution is 2.41. The smallest absolute Gasteiger partial charge is 0.416 e. The lowest BCUT2D eigenvalue weighted by Gasteiger charge is -2.26. The predicted molar refractivity (Wildman–Crippen MR) is 139 cm³/mol. The molecule has 39 heavy (non-hydrogen) atoms. The summed E-state index contributed by atoms with van der Waals surface area (Å²) in [7, 11) is 1.46. The predicted octanol–water partition coefficient (Wildman–Crippen LogP) is 6.37. The van der Waals surface area contributed by atoms with E-state index < -0.39 is 35.2 Å². The average molecular weight is 540 g/mol. The SMILES string of the molecule is COc1cccc(C2/C(=C(\O)c3ccc(OCC(C)C)cc3)C(=O)C(=O)N2Cc2cccc(C(F)(F)F)c2)c1. The number of ether oxygens (including phenoxy) is 2. The van der Waals surface area contributed by atoms with E-state index in [1.54, 1.807) is 48.5 Å². The standard InChI is InChI=1S/C30H28F3NO5/c1-18(2)17-39-23-12-10-20(11-13-23)27(35)25-26(21-7-5-9-24(15-21)38-3)34(29(37)28(25)36)16-19-6-4-8-22(14-19)30(31,32)33/h4-15,18,26,35H,16-17H2,1-3H3/b27-25+. The number of nitrogens with zero attached hydrogens (tertiary/aromatic N) is 1. The zero-order valence-corrected chi connectivity index (χ0v) is 21.7. The second-order valence-corrected chi connectivity index (χ2v) is 9.63. The van der Waals surface area contributed by atoms with Crippen molar-refractivity contribution in [2.24, 2.45) is 5.92 Å². The van der Waals surface area contributed by atoms with Gasteiger partial charge in [0, 0.05) is 12.1 Å². The van der Waals surface area contributed by atoms with Crippen molar-refractivity contribution in [3.05, 3.63) is 101 Å². The van der Waals surface area contributed by atoms with Gasteiger partial charge in [0.25, 0.3) is 11.7 Å². The van der Waals surface area contributed by atoms with Crippen molar-refractivity contribution in [1.29, 1.82) is 0 Å². The van der Waals surface area contributed by atoms with Crippen LogP contribution < -0.4 is 9.47 Å². The molecule has 0 saturated carbocycles. The van der Waals surface area contributed by atoms with Crippen molar-refractivity contribution in [1.82, 2.24) is 4.90 Å². The third kappa shape index (κ3) is 6.08. The van der Waals surface area contributed by atoms with Crippen molar-refractivity contribution >= 4 is 17.4 Å². The van der Waals surface area contributed by atoms with Gasteiger partial charge in [0.1, 0.15) is 17.3 Å². The Labute approximate surface area is 224 Å².